The minimum atomic E-state index is 0.269. The van der Waals surface area contributed by atoms with E-state index in [1.54, 1.807) is 4.68 Å². The fraction of sp³-hybridized carbons (Fsp3) is 0.250. The Morgan fingerprint density at radius 3 is 2.58 bits per heavy atom. The number of amides is 1. The summed E-state index contributed by atoms with van der Waals surface area (Å²) in [7, 11) is 0. The standard InChI is InChI=1S/C28H29N7O/c1-5-34(6-2)21-12-14-22(18(3)15-21)31-27-25(16-29-17-36)33-35-19(4)26(32-28(27)35)24-13-11-20-9-7-8-10-23(20)30-24/h7-15,17H,5-6,16H2,1-4H3,(H,29,36). The number of hydrogen-bond donors (Lipinski definition) is 1. The van der Waals surface area contributed by atoms with Crippen molar-refractivity contribution in [1.29, 1.82) is 0 Å². The fourth-order valence-corrected chi connectivity index (χ4v) is 4.55. The zero-order valence-electron chi connectivity index (χ0n) is 21.0. The van der Waals surface area contributed by atoms with Crippen LogP contribution in [0, 0.1) is 13.8 Å². The number of aliphatic imine (C=N–C) groups is 1. The summed E-state index contributed by atoms with van der Waals surface area (Å²) < 4.78 is 1.80. The molecule has 0 unspecified atom stereocenters. The van der Waals surface area contributed by atoms with E-state index in [4.69, 9.17) is 20.1 Å². The summed E-state index contributed by atoms with van der Waals surface area (Å²) >= 11 is 0. The molecule has 4 aromatic rings. The fourth-order valence-electron chi connectivity index (χ4n) is 4.55. The van der Waals surface area contributed by atoms with Crippen molar-refractivity contribution in [3.05, 3.63) is 71.7 Å². The molecule has 1 N–H and O–H groups in total. The van der Waals surface area contributed by atoms with Crippen molar-refractivity contribution < 1.29 is 4.79 Å². The van der Waals surface area contributed by atoms with Gasteiger partial charge in [-0.3, -0.25) is 4.79 Å². The molecule has 0 saturated carbocycles. The molecule has 1 aliphatic rings. The minimum absolute atomic E-state index is 0.269. The van der Waals surface area contributed by atoms with Crippen LogP contribution in [0.4, 0.5) is 11.4 Å². The summed E-state index contributed by atoms with van der Waals surface area (Å²) in [6, 6.07) is 18.3. The highest BCUT2D eigenvalue weighted by molar-refractivity contribution is 6.50. The van der Waals surface area contributed by atoms with Gasteiger partial charge in [0.25, 0.3) is 0 Å². The van der Waals surface area contributed by atoms with Gasteiger partial charge in [0.2, 0.25) is 6.41 Å². The molecule has 0 bridgehead atoms. The molecule has 0 fully saturated rings. The van der Waals surface area contributed by atoms with Crippen molar-refractivity contribution in [3.63, 3.8) is 0 Å². The van der Waals surface area contributed by atoms with Crippen molar-refractivity contribution in [2.75, 3.05) is 24.5 Å². The van der Waals surface area contributed by atoms with Crippen LogP contribution in [-0.2, 0) is 4.79 Å². The first-order valence-electron chi connectivity index (χ1n) is 12.2. The first kappa shape index (κ1) is 23.4. The normalized spacial score (nSPS) is 13.7. The topological polar surface area (TPSA) is 87.8 Å². The highest BCUT2D eigenvalue weighted by atomic mass is 16.1. The molecule has 1 amide bonds. The Kier molecular flexibility index (Phi) is 6.33. The zero-order valence-corrected chi connectivity index (χ0v) is 21.0. The number of anilines is 1. The molecule has 8 heteroatoms. The Balaban J connectivity index is 1.59. The van der Waals surface area contributed by atoms with Crippen LogP contribution in [0.5, 0.6) is 0 Å². The number of imidazole rings is 1. The van der Waals surface area contributed by atoms with Crippen molar-refractivity contribution >= 4 is 40.1 Å². The maximum Gasteiger partial charge on any atom is 0.207 e. The number of aromatic nitrogens is 3. The lowest BCUT2D eigenvalue weighted by Crippen LogP contribution is -2.26. The number of carbonyl (C=O) groups is 1. The lowest BCUT2D eigenvalue weighted by atomic mass is 10.1. The van der Waals surface area contributed by atoms with Crippen LogP contribution < -0.4 is 10.2 Å². The number of aryl methyl sites for hydroxylation is 1. The van der Waals surface area contributed by atoms with Crippen LogP contribution in [-0.4, -0.2) is 52.1 Å². The third-order valence-corrected chi connectivity index (χ3v) is 6.52. The molecule has 5 rings (SSSR count). The zero-order chi connectivity index (χ0) is 25.2. The molecule has 2 aromatic heterocycles. The smallest absolute Gasteiger partial charge is 0.207 e. The average Bonchev–Trinajstić information content (AvgIpc) is 3.40. The number of hydrogen-bond acceptors (Lipinski definition) is 6. The van der Waals surface area contributed by atoms with Crippen LogP contribution in [0.1, 0.15) is 30.9 Å². The van der Waals surface area contributed by atoms with Gasteiger partial charge >= 0.3 is 0 Å². The SMILES string of the molecule is CCN(CC)c1ccc(N=C2C(CNC=O)=Nn3c2nc(-c2ccc4ccccc4n2)c3C)c(C)c1. The van der Waals surface area contributed by atoms with Gasteiger partial charge in [0.1, 0.15) is 17.1 Å². The molecule has 182 valence electrons. The molecule has 8 nitrogen and oxygen atoms in total. The monoisotopic (exact) mass is 479 g/mol. The molecule has 0 spiro atoms. The summed E-state index contributed by atoms with van der Waals surface area (Å²) in [6.07, 6.45) is 0.669. The van der Waals surface area contributed by atoms with Gasteiger partial charge in [-0.05, 0) is 63.6 Å². The van der Waals surface area contributed by atoms with E-state index in [0.29, 0.717) is 23.7 Å². The summed E-state index contributed by atoms with van der Waals surface area (Å²) in [4.78, 5) is 28.1. The predicted molar refractivity (Wildman–Crippen MR) is 146 cm³/mol. The Morgan fingerprint density at radius 1 is 1.03 bits per heavy atom. The number of nitrogens with zero attached hydrogens (tertiary/aromatic N) is 6. The second-order valence-electron chi connectivity index (χ2n) is 8.72. The van der Waals surface area contributed by atoms with E-state index in [1.165, 1.54) is 5.69 Å². The summed E-state index contributed by atoms with van der Waals surface area (Å²) in [5.74, 6) is 0.646. The van der Waals surface area contributed by atoms with E-state index < -0.39 is 0 Å². The highest BCUT2D eigenvalue weighted by Gasteiger charge is 2.29. The molecule has 3 heterocycles. The molecule has 0 atom stereocenters. The van der Waals surface area contributed by atoms with Gasteiger partial charge in [-0.2, -0.15) is 5.10 Å². The number of rotatable bonds is 8. The summed E-state index contributed by atoms with van der Waals surface area (Å²) in [6.45, 7) is 10.5. The average molecular weight is 480 g/mol. The predicted octanol–water partition coefficient (Wildman–Crippen LogP) is 4.65. The molecule has 0 aliphatic carbocycles. The third-order valence-electron chi connectivity index (χ3n) is 6.52. The van der Waals surface area contributed by atoms with Crippen LogP contribution in [0.3, 0.4) is 0 Å². The van der Waals surface area contributed by atoms with Crippen LogP contribution in [0.2, 0.25) is 0 Å². The number of pyridine rings is 1. The van der Waals surface area contributed by atoms with Gasteiger partial charge < -0.3 is 10.2 Å². The Morgan fingerprint density at radius 2 is 1.83 bits per heavy atom. The number of benzene rings is 2. The van der Waals surface area contributed by atoms with Gasteiger partial charge in [-0.25, -0.2) is 19.6 Å². The van der Waals surface area contributed by atoms with Crippen LogP contribution >= 0.6 is 0 Å². The number of nitrogens with one attached hydrogen (secondary N) is 1. The summed E-state index contributed by atoms with van der Waals surface area (Å²) in [5.41, 5.74) is 7.74. The highest BCUT2D eigenvalue weighted by Crippen LogP contribution is 2.30. The molecular weight excluding hydrogens is 450 g/mol. The van der Waals surface area contributed by atoms with Crippen LogP contribution in [0.15, 0.2) is 64.7 Å². The van der Waals surface area contributed by atoms with Gasteiger partial charge in [0.15, 0.2) is 5.82 Å². The van der Waals surface area contributed by atoms with Crippen molar-refractivity contribution in [3.8, 4) is 11.4 Å². The molecule has 1 aliphatic heterocycles. The van der Waals surface area contributed by atoms with E-state index in [-0.39, 0.29) is 6.54 Å². The van der Waals surface area contributed by atoms with Gasteiger partial charge in [0.05, 0.1) is 29.1 Å². The third kappa shape index (κ3) is 4.15. The van der Waals surface area contributed by atoms with Crippen LogP contribution in [0.25, 0.3) is 22.3 Å². The van der Waals surface area contributed by atoms with E-state index in [2.05, 4.69) is 49.2 Å². The van der Waals surface area contributed by atoms with Gasteiger partial charge in [0, 0.05) is 24.2 Å². The number of para-hydroxylation sites is 1. The lowest BCUT2D eigenvalue weighted by Gasteiger charge is -2.21. The van der Waals surface area contributed by atoms with Crippen molar-refractivity contribution in [1.82, 2.24) is 20.0 Å². The molecule has 0 saturated heterocycles. The second-order valence-corrected chi connectivity index (χ2v) is 8.72. The molecule has 36 heavy (non-hydrogen) atoms. The maximum absolute atomic E-state index is 11.0. The molecular formula is C28H29N7O. The maximum atomic E-state index is 11.0. The number of carbonyl (C=O) groups excluding carboxylic acids is 1. The Labute approximate surface area is 210 Å². The summed E-state index contributed by atoms with van der Waals surface area (Å²) in [5, 5.41) is 8.56. The van der Waals surface area contributed by atoms with Crippen molar-refractivity contribution in [2.45, 2.75) is 27.7 Å². The molecule has 2 aromatic carbocycles. The largest absolute Gasteiger partial charge is 0.372 e. The Hall–Kier alpha value is -4.33. The quantitative estimate of drug-likeness (QED) is 0.373. The van der Waals surface area contributed by atoms with E-state index in [9.17, 15) is 4.79 Å². The van der Waals surface area contributed by atoms with E-state index in [1.807, 2.05) is 43.3 Å². The van der Waals surface area contributed by atoms with Gasteiger partial charge in [-0.15, -0.1) is 0 Å². The lowest BCUT2D eigenvalue weighted by molar-refractivity contribution is -0.109. The second kappa shape index (κ2) is 9.73. The first-order valence-corrected chi connectivity index (χ1v) is 12.2. The first-order chi connectivity index (χ1) is 17.5. The minimum Gasteiger partial charge on any atom is -0.372 e. The Bertz CT molecular complexity index is 1510. The van der Waals surface area contributed by atoms with E-state index in [0.717, 1.165) is 52.3 Å². The molecule has 0 radical (unpaired) electrons. The van der Waals surface area contributed by atoms with E-state index >= 15 is 0 Å². The number of fused-ring (bicyclic) bond motifs is 2. The van der Waals surface area contributed by atoms with Gasteiger partial charge in [-0.1, -0.05) is 24.3 Å². The van der Waals surface area contributed by atoms with Crippen molar-refractivity contribution in [2.24, 2.45) is 10.1 Å².